The molecule has 0 bridgehead atoms. The first-order valence-corrected chi connectivity index (χ1v) is 8.78. The number of amides is 1. The van der Waals surface area contributed by atoms with E-state index in [1.807, 2.05) is 44.2 Å². The number of aromatic nitrogens is 2. The molecule has 7 heteroatoms. The lowest BCUT2D eigenvalue weighted by atomic mass is 10.1. The van der Waals surface area contributed by atoms with Gasteiger partial charge in [-0.2, -0.15) is 0 Å². The van der Waals surface area contributed by atoms with Crippen LogP contribution in [0.25, 0.3) is 6.08 Å². The molecule has 0 N–H and O–H groups in total. The SMILES string of the molecule is CC(C)c1nnc([C@@H]2COCCN2C(=O)C2=Cc3ccccc3OC2)o1. The van der Waals surface area contributed by atoms with Gasteiger partial charge in [-0.25, -0.2) is 0 Å². The summed E-state index contributed by atoms with van der Waals surface area (Å²) in [5.41, 5.74) is 1.52. The van der Waals surface area contributed by atoms with Gasteiger partial charge in [-0.05, 0) is 12.1 Å². The van der Waals surface area contributed by atoms with Gasteiger partial charge in [0.2, 0.25) is 11.8 Å². The molecule has 4 rings (SSSR count). The molecule has 0 radical (unpaired) electrons. The molecule has 1 atom stereocenters. The van der Waals surface area contributed by atoms with Crippen molar-refractivity contribution in [3.05, 3.63) is 47.2 Å². The fourth-order valence-corrected chi connectivity index (χ4v) is 3.09. The second-order valence-corrected chi connectivity index (χ2v) is 6.72. The van der Waals surface area contributed by atoms with Crippen LogP contribution in [0.2, 0.25) is 0 Å². The molecular formula is C19H21N3O4. The van der Waals surface area contributed by atoms with E-state index in [0.717, 1.165) is 11.3 Å². The lowest BCUT2D eigenvalue weighted by Gasteiger charge is -2.34. The molecule has 26 heavy (non-hydrogen) atoms. The van der Waals surface area contributed by atoms with E-state index < -0.39 is 0 Å². The molecule has 0 unspecified atom stereocenters. The number of nitrogens with zero attached hydrogens (tertiary/aromatic N) is 3. The molecule has 0 spiro atoms. The first kappa shape index (κ1) is 16.8. The number of benzene rings is 1. The summed E-state index contributed by atoms with van der Waals surface area (Å²) >= 11 is 0. The zero-order valence-corrected chi connectivity index (χ0v) is 14.8. The number of fused-ring (bicyclic) bond motifs is 1. The largest absolute Gasteiger partial charge is 0.488 e. The molecular weight excluding hydrogens is 334 g/mol. The van der Waals surface area contributed by atoms with Crippen LogP contribution in [0.3, 0.4) is 0 Å². The van der Waals surface area contributed by atoms with Crippen LogP contribution in [0.15, 0.2) is 34.3 Å². The average molecular weight is 355 g/mol. The Balaban J connectivity index is 1.60. The van der Waals surface area contributed by atoms with Crippen molar-refractivity contribution in [2.75, 3.05) is 26.4 Å². The molecule has 7 nitrogen and oxygen atoms in total. The van der Waals surface area contributed by atoms with E-state index in [1.165, 1.54) is 0 Å². The van der Waals surface area contributed by atoms with Gasteiger partial charge in [0.1, 0.15) is 18.4 Å². The molecule has 1 aromatic carbocycles. The van der Waals surface area contributed by atoms with E-state index >= 15 is 0 Å². The molecule has 136 valence electrons. The number of para-hydroxylation sites is 1. The monoisotopic (exact) mass is 355 g/mol. The maximum atomic E-state index is 13.1. The van der Waals surface area contributed by atoms with Gasteiger partial charge in [0.15, 0.2) is 0 Å². The van der Waals surface area contributed by atoms with Crippen molar-refractivity contribution < 1.29 is 18.7 Å². The maximum Gasteiger partial charge on any atom is 0.254 e. The van der Waals surface area contributed by atoms with Gasteiger partial charge in [-0.15, -0.1) is 10.2 Å². The van der Waals surface area contributed by atoms with E-state index in [4.69, 9.17) is 13.9 Å². The summed E-state index contributed by atoms with van der Waals surface area (Å²) in [4.78, 5) is 14.9. The highest BCUT2D eigenvalue weighted by Crippen LogP contribution is 2.30. The Kier molecular flexibility index (Phi) is 4.46. The lowest BCUT2D eigenvalue weighted by Crippen LogP contribution is -2.45. The van der Waals surface area contributed by atoms with Crippen LogP contribution in [0, 0.1) is 0 Å². The van der Waals surface area contributed by atoms with Crippen molar-refractivity contribution in [2.45, 2.75) is 25.8 Å². The Morgan fingerprint density at radius 3 is 2.92 bits per heavy atom. The van der Waals surface area contributed by atoms with E-state index in [9.17, 15) is 4.79 Å². The van der Waals surface area contributed by atoms with Crippen molar-refractivity contribution in [1.29, 1.82) is 0 Å². The molecule has 1 amide bonds. The number of morpholine rings is 1. The molecule has 1 aromatic heterocycles. The molecule has 2 aromatic rings. The Bertz CT molecular complexity index is 843. The smallest absolute Gasteiger partial charge is 0.254 e. The highest BCUT2D eigenvalue weighted by molar-refractivity contribution is 5.99. The Hall–Kier alpha value is -2.67. The van der Waals surface area contributed by atoms with Crippen LogP contribution in [0.1, 0.15) is 43.2 Å². The normalized spacial score (nSPS) is 19.7. The Labute approximate surface area is 151 Å². The first-order chi connectivity index (χ1) is 12.6. The third-order valence-electron chi connectivity index (χ3n) is 4.53. The average Bonchev–Trinajstić information content (AvgIpc) is 3.17. The van der Waals surface area contributed by atoms with Gasteiger partial charge in [0.05, 0.1) is 18.8 Å². The van der Waals surface area contributed by atoms with Crippen molar-refractivity contribution in [1.82, 2.24) is 15.1 Å². The zero-order valence-electron chi connectivity index (χ0n) is 14.8. The molecule has 0 aliphatic carbocycles. The minimum absolute atomic E-state index is 0.0860. The van der Waals surface area contributed by atoms with E-state index in [2.05, 4.69) is 10.2 Å². The summed E-state index contributed by atoms with van der Waals surface area (Å²) in [6, 6.07) is 7.30. The van der Waals surface area contributed by atoms with E-state index in [0.29, 0.717) is 37.1 Å². The van der Waals surface area contributed by atoms with Gasteiger partial charge in [-0.1, -0.05) is 32.0 Å². The van der Waals surface area contributed by atoms with Crippen LogP contribution in [0.5, 0.6) is 5.75 Å². The summed E-state index contributed by atoms with van der Waals surface area (Å²) in [5, 5.41) is 8.21. The fourth-order valence-electron chi connectivity index (χ4n) is 3.09. The van der Waals surface area contributed by atoms with E-state index in [-0.39, 0.29) is 24.5 Å². The molecule has 2 aliphatic rings. The van der Waals surface area contributed by atoms with Gasteiger partial charge in [0.25, 0.3) is 5.91 Å². The second kappa shape index (κ2) is 6.92. The number of rotatable bonds is 3. The maximum absolute atomic E-state index is 13.1. The minimum Gasteiger partial charge on any atom is -0.488 e. The van der Waals surface area contributed by atoms with Gasteiger partial charge in [0, 0.05) is 18.0 Å². The van der Waals surface area contributed by atoms with Crippen LogP contribution < -0.4 is 4.74 Å². The van der Waals surface area contributed by atoms with Crippen LogP contribution in [-0.4, -0.2) is 47.4 Å². The topological polar surface area (TPSA) is 77.7 Å². The minimum atomic E-state index is -0.380. The summed E-state index contributed by atoms with van der Waals surface area (Å²) in [5.74, 6) is 1.82. The third-order valence-corrected chi connectivity index (χ3v) is 4.53. The zero-order chi connectivity index (χ0) is 18.1. The number of hydrogen-bond acceptors (Lipinski definition) is 6. The van der Waals surface area contributed by atoms with Crippen LogP contribution in [-0.2, 0) is 9.53 Å². The Morgan fingerprint density at radius 2 is 2.12 bits per heavy atom. The summed E-state index contributed by atoms with van der Waals surface area (Å²) in [7, 11) is 0. The quantitative estimate of drug-likeness (QED) is 0.842. The number of hydrogen-bond donors (Lipinski definition) is 0. The summed E-state index contributed by atoms with van der Waals surface area (Å²) < 4.78 is 17.0. The van der Waals surface area contributed by atoms with Crippen LogP contribution >= 0.6 is 0 Å². The van der Waals surface area contributed by atoms with Crippen molar-refractivity contribution in [3.8, 4) is 5.75 Å². The van der Waals surface area contributed by atoms with Gasteiger partial charge in [-0.3, -0.25) is 4.79 Å². The predicted octanol–water partition coefficient (Wildman–Crippen LogP) is 2.57. The molecule has 0 saturated carbocycles. The third kappa shape index (κ3) is 3.10. The standard InChI is InChI=1S/C19H21N3O4/c1-12(2)17-20-21-18(26-17)15-11-24-8-7-22(15)19(23)14-9-13-5-3-4-6-16(13)25-10-14/h3-6,9,12,15H,7-8,10-11H2,1-2H3/t15-/m0/s1. The van der Waals surface area contributed by atoms with Gasteiger partial charge >= 0.3 is 0 Å². The second-order valence-electron chi connectivity index (χ2n) is 6.72. The molecule has 1 saturated heterocycles. The number of carbonyl (C=O) groups is 1. The first-order valence-electron chi connectivity index (χ1n) is 8.78. The number of carbonyl (C=O) groups excluding carboxylic acids is 1. The van der Waals surface area contributed by atoms with E-state index in [1.54, 1.807) is 4.90 Å². The fraction of sp³-hybridized carbons (Fsp3) is 0.421. The molecule has 1 fully saturated rings. The van der Waals surface area contributed by atoms with Crippen molar-refractivity contribution in [3.63, 3.8) is 0 Å². The van der Waals surface area contributed by atoms with Crippen LogP contribution in [0.4, 0.5) is 0 Å². The summed E-state index contributed by atoms with van der Waals surface area (Å²) in [6.07, 6.45) is 1.89. The number of ether oxygens (including phenoxy) is 2. The predicted molar refractivity (Wildman–Crippen MR) is 93.6 cm³/mol. The summed E-state index contributed by atoms with van der Waals surface area (Å²) in [6.45, 7) is 5.52. The van der Waals surface area contributed by atoms with Crippen molar-refractivity contribution in [2.24, 2.45) is 0 Å². The molecule has 3 heterocycles. The molecule has 2 aliphatic heterocycles. The highest BCUT2D eigenvalue weighted by atomic mass is 16.5. The van der Waals surface area contributed by atoms with Gasteiger partial charge < -0.3 is 18.8 Å². The lowest BCUT2D eigenvalue weighted by molar-refractivity contribution is -0.137. The Morgan fingerprint density at radius 1 is 1.27 bits per heavy atom. The highest BCUT2D eigenvalue weighted by Gasteiger charge is 2.35. The van der Waals surface area contributed by atoms with Crippen molar-refractivity contribution >= 4 is 12.0 Å².